The van der Waals surface area contributed by atoms with Crippen molar-refractivity contribution in [3.63, 3.8) is 0 Å². The molecule has 0 radical (unpaired) electrons. The Morgan fingerprint density at radius 2 is 1.80 bits per heavy atom. The van der Waals surface area contributed by atoms with E-state index >= 15 is 0 Å². The number of nitrogens with one attached hydrogen (secondary N) is 3. The first-order chi connectivity index (χ1) is 25.7. The van der Waals surface area contributed by atoms with E-state index in [9.17, 15) is 24.4 Å². The predicted octanol–water partition coefficient (Wildman–Crippen LogP) is 3.90. The van der Waals surface area contributed by atoms with Crippen molar-refractivity contribution in [1.82, 2.24) is 25.0 Å². The molecule has 1 aromatic heterocycles. The van der Waals surface area contributed by atoms with Gasteiger partial charge in [-0.25, -0.2) is 4.98 Å². The maximum Gasteiger partial charge on any atom is 0.258 e. The number of aromatic nitrogens is 1. The Balaban J connectivity index is 0.927. The normalized spacial score (nSPS) is 26.4. The number of thiocarbonyl (C=S) groups is 1. The van der Waals surface area contributed by atoms with E-state index in [-0.39, 0.29) is 71.5 Å². The molecule has 16 heteroatoms. The van der Waals surface area contributed by atoms with Gasteiger partial charge in [-0.15, -0.1) is 0 Å². The Kier molecular flexibility index (Phi) is 12.2. The number of ether oxygens (including phenoxy) is 1. The number of hydrogen-bond acceptors (Lipinski definition) is 11. The number of carbonyl (C=O) groups is 4. The third-order valence-corrected chi connectivity index (χ3v) is 11.6. The molecule has 4 aliphatic rings. The van der Waals surface area contributed by atoms with Crippen molar-refractivity contribution in [2.24, 2.45) is 0 Å². The zero-order valence-electron chi connectivity index (χ0n) is 31.1. The van der Waals surface area contributed by atoms with Crippen LogP contribution in [0.3, 0.4) is 0 Å². The van der Waals surface area contributed by atoms with Gasteiger partial charge in [0.25, 0.3) is 5.91 Å². The van der Waals surface area contributed by atoms with E-state index in [4.69, 9.17) is 28.6 Å². The number of nitriles is 1. The second-order valence-electron chi connectivity index (χ2n) is 15.2. The van der Waals surface area contributed by atoms with E-state index in [1.54, 1.807) is 12.1 Å². The summed E-state index contributed by atoms with van der Waals surface area (Å²) in [6.45, 7) is 11.4. The van der Waals surface area contributed by atoms with E-state index in [1.807, 2.05) is 43.0 Å². The molecule has 1 unspecified atom stereocenters. The summed E-state index contributed by atoms with van der Waals surface area (Å²) in [4.78, 5) is 62.6. The number of carbonyl (C=O) groups excluding carboxylic acids is 4. The number of anilines is 3. The molecule has 6 rings (SSSR count). The average Bonchev–Trinajstić information content (AvgIpc) is 3.30. The van der Waals surface area contributed by atoms with Gasteiger partial charge in [-0.3, -0.25) is 39.2 Å². The summed E-state index contributed by atoms with van der Waals surface area (Å²) in [6, 6.07) is 10.7. The number of piperidine rings is 1. The third kappa shape index (κ3) is 8.68. The molecule has 14 nitrogen and oxygen atoms in total. The van der Waals surface area contributed by atoms with Crippen LogP contribution in [0.1, 0.15) is 71.9 Å². The van der Waals surface area contributed by atoms with Crippen molar-refractivity contribution in [3.8, 4) is 6.07 Å². The summed E-state index contributed by atoms with van der Waals surface area (Å²) in [5, 5.41) is 18.3. The van der Waals surface area contributed by atoms with Gasteiger partial charge in [-0.05, 0) is 96.3 Å². The fourth-order valence-corrected chi connectivity index (χ4v) is 8.92. The zero-order chi connectivity index (χ0) is 38.7. The summed E-state index contributed by atoms with van der Waals surface area (Å²) in [5.41, 5.74) is 1.05. The van der Waals surface area contributed by atoms with Crippen molar-refractivity contribution >= 4 is 69.6 Å². The fraction of sp³-hybridized carbons (Fsp3) is 0.553. The van der Waals surface area contributed by atoms with Crippen LogP contribution < -0.4 is 20.9 Å². The first-order valence-corrected chi connectivity index (χ1v) is 19.4. The number of piperazine rings is 1. The number of imide groups is 1. The maximum atomic E-state index is 13.6. The molecule has 1 aliphatic carbocycles. The summed E-state index contributed by atoms with van der Waals surface area (Å²) in [6.07, 6.45) is 5.72. The van der Waals surface area contributed by atoms with Crippen LogP contribution in [0.15, 0.2) is 36.5 Å². The van der Waals surface area contributed by atoms with Crippen LogP contribution in [0.5, 0.6) is 0 Å². The molecule has 54 heavy (non-hydrogen) atoms. The zero-order valence-corrected chi connectivity index (χ0v) is 32.7. The molecule has 4 amide bonds. The van der Waals surface area contributed by atoms with Crippen LogP contribution >= 0.6 is 23.8 Å². The van der Waals surface area contributed by atoms with Gasteiger partial charge in [-0.1, -0.05) is 17.7 Å². The molecule has 0 bridgehead atoms. The largest absolute Gasteiger partial charge is 0.377 e. The number of halogens is 1. The first-order valence-electron chi connectivity index (χ1n) is 18.6. The van der Waals surface area contributed by atoms with Crippen LogP contribution in [0.2, 0.25) is 5.02 Å². The van der Waals surface area contributed by atoms with Crippen LogP contribution in [-0.2, 0) is 23.9 Å². The van der Waals surface area contributed by atoms with Crippen molar-refractivity contribution in [2.75, 3.05) is 48.3 Å². The molecule has 1 saturated carbocycles. The lowest BCUT2D eigenvalue weighted by atomic mass is 9.89. The van der Waals surface area contributed by atoms with Gasteiger partial charge in [0, 0.05) is 55.6 Å². The van der Waals surface area contributed by atoms with Crippen LogP contribution in [0.4, 0.5) is 17.1 Å². The fourth-order valence-electron chi connectivity index (χ4n) is 8.15. The molecular formula is C38H48ClN9O5S. The molecule has 1 aromatic carbocycles. The highest BCUT2D eigenvalue weighted by Crippen LogP contribution is 2.38. The molecular weight excluding hydrogens is 730 g/mol. The highest BCUT2D eigenvalue weighted by Gasteiger charge is 2.52. The lowest BCUT2D eigenvalue weighted by molar-refractivity contribution is -0.133. The van der Waals surface area contributed by atoms with Gasteiger partial charge in [0.05, 0.1) is 36.2 Å². The van der Waals surface area contributed by atoms with Gasteiger partial charge in [0.1, 0.15) is 17.6 Å². The van der Waals surface area contributed by atoms with E-state index in [0.717, 1.165) is 45.3 Å². The first kappa shape index (κ1) is 39.5. The van der Waals surface area contributed by atoms with Gasteiger partial charge >= 0.3 is 0 Å². The van der Waals surface area contributed by atoms with Crippen molar-refractivity contribution < 1.29 is 23.9 Å². The van der Waals surface area contributed by atoms with Crippen LogP contribution in [0.25, 0.3) is 0 Å². The Labute approximate surface area is 326 Å². The molecule has 3 aliphatic heterocycles. The van der Waals surface area contributed by atoms with Gasteiger partial charge in [-0.2, -0.15) is 5.26 Å². The minimum Gasteiger partial charge on any atom is -0.377 e. The topological polar surface area (TPSA) is 163 Å². The Morgan fingerprint density at radius 3 is 2.46 bits per heavy atom. The molecule has 3 saturated heterocycles. The number of amides is 4. The number of rotatable bonds is 11. The summed E-state index contributed by atoms with van der Waals surface area (Å²) in [7, 11) is 0. The minimum absolute atomic E-state index is 0.0912. The van der Waals surface area contributed by atoms with Crippen molar-refractivity contribution in [3.05, 3.63) is 47.2 Å². The molecule has 3 N–H and O–H groups in total. The molecule has 3 atom stereocenters. The molecule has 288 valence electrons. The predicted molar refractivity (Wildman–Crippen MR) is 209 cm³/mol. The number of pyridine rings is 1. The van der Waals surface area contributed by atoms with Crippen molar-refractivity contribution in [2.45, 2.75) is 102 Å². The number of hydrogen-bond donors (Lipinski definition) is 3. The van der Waals surface area contributed by atoms with E-state index in [1.165, 1.54) is 11.1 Å². The highest BCUT2D eigenvalue weighted by atomic mass is 35.5. The lowest BCUT2D eigenvalue weighted by Crippen LogP contribution is -2.58. The van der Waals surface area contributed by atoms with Gasteiger partial charge in [0.2, 0.25) is 17.7 Å². The van der Waals surface area contributed by atoms with Crippen LogP contribution in [-0.4, -0.2) is 117 Å². The standard InChI is InChI=1S/C38H48ClN9O5S/c1-23-20-45(21-24(2)46(23)22-34(50)43-26-7-5-6-25(16-26)42-31-12-13-33(49)44-35(31)51)14-15-53-29-10-8-27(9-11-29)48-37(54)47(36(52)38(48,3)4)28-17-30(39)32(18-40)41-19-28/h5-7,16-17,19,23-24,27,29,31,42H,8-15,20-22H2,1-4H3,(H,43,50)(H,44,49,51)/t23-,24+,27?,29?,31?. The Morgan fingerprint density at radius 1 is 1.09 bits per heavy atom. The van der Waals surface area contributed by atoms with Gasteiger partial charge < -0.3 is 20.3 Å². The highest BCUT2D eigenvalue weighted by molar-refractivity contribution is 7.80. The number of nitrogens with zero attached hydrogens (tertiary/aromatic N) is 6. The summed E-state index contributed by atoms with van der Waals surface area (Å²) >= 11 is 12.1. The van der Waals surface area contributed by atoms with E-state index in [0.29, 0.717) is 35.2 Å². The van der Waals surface area contributed by atoms with E-state index < -0.39 is 11.6 Å². The average molecular weight is 778 g/mol. The number of benzene rings is 1. The maximum absolute atomic E-state index is 13.6. The molecule has 0 spiro atoms. The van der Waals surface area contributed by atoms with E-state index in [2.05, 4.69) is 44.6 Å². The second kappa shape index (κ2) is 16.7. The summed E-state index contributed by atoms with van der Waals surface area (Å²) < 4.78 is 6.38. The Bertz CT molecular complexity index is 1820. The smallest absolute Gasteiger partial charge is 0.258 e. The summed E-state index contributed by atoms with van der Waals surface area (Å²) in [5.74, 6) is -0.862. The Hall–Kier alpha value is -4.20. The van der Waals surface area contributed by atoms with Gasteiger partial charge in [0.15, 0.2) is 10.8 Å². The second-order valence-corrected chi connectivity index (χ2v) is 16.0. The SMILES string of the molecule is C[C@@H]1CN(CCOC2CCC(N3C(=S)N(c4cnc(C#N)c(Cl)c4)C(=O)C3(C)C)CC2)C[C@H](C)N1CC(=O)Nc1cccc(NC2CCC(=O)NC2=O)c1. The lowest BCUT2D eigenvalue weighted by Gasteiger charge is -2.44. The molecule has 4 heterocycles. The molecule has 4 fully saturated rings. The molecule has 2 aromatic rings. The monoisotopic (exact) mass is 777 g/mol. The minimum atomic E-state index is -0.839. The van der Waals surface area contributed by atoms with Crippen molar-refractivity contribution in [1.29, 1.82) is 5.26 Å². The van der Waals surface area contributed by atoms with Crippen LogP contribution in [0, 0.1) is 11.3 Å². The quantitative estimate of drug-likeness (QED) is 0.223. The third-order valence-electron chi connectivity index (χ3n) is 10.9.